The minimum atomic E-state index is -0.649. The van der Waals surface area contributed by atoms with Crippen LogP contribution in [0.4, 0.5) is 10.7 Å². The van der Waals surface area contributed by atoms with Crippen LogP contribution in [-0.2, 0) is 9.47 Å². The summed E-state index contributed by atoms with van der Waals surface area (Å²) in [5.41, 5.74) is 1.33. The minimum absolute atomic E-state index is 0.132. The van der Waals surface area contributed by atoms with Crippen molar-refractivity contribution in [2.24, 2.45) is 0 Å². The molecule has 4 rings (SSSR count). The maximum absolute atomic E-state index is 12.6. The number of carbonyl (C=O) groups is 1. The Morgan fingerprint density at radius 1 is 1.20 bits per heavy atom. The fourth-order valence-electron chi connectivity index (χ4n) is 3.63. The van der Waals surface area contributed by atoms with Gasteiger partial charge in [0.05, 0.1) is 7.11 Å². The Morgan fingerprint density at radius 2 is 1.97 bits per heavy atom. The molecule has 0 atom stereocenters. The third-order valence-corrected chi connectivity index (χ3v) is 5.52. The van der Waals surface area contributed by atoms with Crippen molar-refractivity contribution in [3.8, 4) is 11.1 Å². The lowest BCUT2D eigenvalue weighted by Gasteiger charge is -2.28. The fraction of sp³-hybridized carbons (Fsp3) is 0.333. The summed E-state index contributed by atoms with van der Waals surface area (Å²) in [6.07, 6.45) is 3.98. The topological polar surface area (TPSA) is 106 Å². The molecule has 0 bridgehead atoms. The van der Waals surface area contributed by atoms with Crippen molar-refractivity contribution in [3.05, 3.63) is 51.9 Å². The number of aromatic amines is 1. The van der Waals surface area contributed by atoms with Crippen LogP contribution in [0.1, 0.15) is 25.7 Å². The van der Waals surface area contributed by atoms with Crippen molar-refractivity contribution in [2.45, 2.75) is 37.8 Å². The zero-order valence-electron chi connectivity index (χ0n) is 16.4. The van der Waals surface area contributed by atoms with Gasteiger partial charge < -0.3 is 19.8 Å². The molecule has 0 amide bonds. The van der Waals surface area contributed by atoms with E-state index >= 15 is 0 Å². The van der Waals surface area contributed by atoms with Gasteiger partial charge in [-0.05, 0) is 37.8 Å². The lowest BCUT2D eigenvalue weighted by molar-refractivity contribution is 0.0218. The van der Waals surface area contributed by atoms with Gasteiger partial charge in [-0.1, -0.05) is 29.8 Å². The minimum Gasteiger partial charge on any atom is -0.438 e. The van der Waals surface area contributed by atoms with E-state index in [0.717, 1.165) is 25.7 Å². The largest absolute Gasteiger partial charge is 0.508 e. The Hall–Kier alpha value is -3.13. The predicted molar refractivity (Wildman–Crippen MR) is 114 cm³/mol. The van der Waals surface area contributed by atoms with Gasteiger partial charge in [0.2, 0.25) is 5.95 Å². The molecule has 1 fully saturated rings. The number of fused-ring (bicyclic) bond motifs is 1. The first-order valence-corrected chi connectivity index (χ1v) is 10.1. The Bertz CT molecular complexity index is 1130. The van der Waals surface area contributed by atoms with Gasteiger partial charge in [0.25, 0.3) is 5.56 Å². The van der Waals surface area contributed by atoms with Crippen LogP contribution in [0.3, 0.4) is 0 Å². The van der Waals surface area contributed by atoms with Crippen LogP contribution < -0.4 is 10.9 Å². The second kappa shape index (κ2) is 8.71. The summed E-state index contributed by atoms with van der Waals surface area (Å²) in [6, 6.07) is 9.10. The normalized spacial score (nSPS) is 18.7. The summed E-state index contributed by atoms with van der Waals surface area (Å²) in [6.45, 7) is 0. The van der Waals surface area contributed by atoms with Crippen molar-refractivity contribution < 1.29 is 14.3 Å². The van der Waals surface area contributed by atoms with E-state index in [1.165, 1.54) is 7.11 Å². The highest BCUT2D eigenvalue weighted by atomic mass is 35.5. The molecule has 0 spiro atoms. The number of hydrogen-bond donors (Lipinski definition) is 2. The number of anilines is 1. The summed E-state index contributed by atoms with van der Waals surface area (Å²) in [5.74, 6) is 0.445. The van der Waals surface area contributed by atoms with E-state index in [0.29, 0.717) is 33.1 Å². The van der Waals surface area contributed by atoms with Gasteiger partial charge >= 0.3 is 6.16 Å². The van der Waals surface area contributed by atoms with Gasteiger partial charge in [0.15, 0.2) is 0 Å². The lowest BCUT2D eigenvalue weighted by atomic mass is 9.93. The number of methoxy groups -OCH3 is 1. The average Bonchev–Trinajstić information content (AvgIpc) is 2.75. The van der Waals surface area contributed by atoms with Crippen LogP contribution in [-0.4, -0.2) is 40.4 Å². The molecule has 1 aliphatic rings. The number of halogens is 1. The second-order valence-corrected chi connectivity index (χ2v) is 7.59. The van der Waals surface area contributed by atoms with Gasteiger partial charge in [-0.25, -0.2) is 9.78 Å². The molecule has 3 aromatic rings. The zero-order chi connectivity index (χ0) is 21.1. The maximum Gasteiger partial charge on any atom is 0.508 e. The highest BCUT2D eigenvalue weighted by molar-refractivity contribution is 6.33. The summed E-state index contributed by atoms with van der Waals surface area (Å²) in [7, 11) is 1.30. The molecule has 1 saturated carbocycles. The molecule has 0 radical (unpaired) electrons. The summed E-state index contributed by atoms with van der Waals surface area (Å²) in [4.78, 5) is 35.5. The van der Waals surface area contributed by atoms with Crippen LogP contribution in [0.2, 0.25) is 5.02 Å². The second-order valence-electron chi connectivity index (χ2n) is 7.18. The van der Waals surface area contributed by atoms with E-state index in [-0.39, 0.29) is 17.7 Å². The Kier molecular flexibility index (Phi) is 5.85. The van der Waals surface area contributed by atoms with Crippen LogP contribution in [0.15, 0.2) is 41.3 Å². The Labute approximate surface area is 177 Å². The molecule has 0 aliphatic heterocycles. The molecular formula is C21H21ClN4O4. The highest BCUT2D eigenvalue weighted by Gasteiger charge is 2.24. The molecular weight excluding hydrogens is 408 g/mol. The standard InChI is InChI=1S/C21H21ClN4O4/c1-29-21(28)30-14-8-6-13(7-9-14)24-20-23-11-12-10-16(19(27)25-18(12)26-20)15-4-2-3-5-17(15)22/h2-5,10-11,13-14H,6-9H2,1H3,(H2,23,24,25,26,27)/t13-,14-. The average molecular weight is 429 g/mol. The molecule has 1 aliphatic carbocycles. The predicted octanol–water partition coefficient (Wildman–Crippen LogP) is 4.14. The van der Waals surface area contributed by atoms with Crippen LogP contribution >= 0.6 is 11.6 Å². The zero-order valence-corrected chi connectivity index (χ0v) is 17.1. The number of pyridine rings is 1. The first-order valence-electron chi connectivity index (χ1n) is 9.69. The molecule has 0 saturated heterocycles. The number of ether oxygens (including phenoxy) is 2. The van der Waals surface area contributed by atoms with Crippen molar-refractivity contribution in [2.75, 3.05) is 12.4 Å². The van der Waals surface area contributed by atoms with Gasteiger partial charge in [-0.3, -0.25) is 4.79 Å². The summed E-state index contributed by atoms with van der Waals surface area (Å²) in [5, 5.41) is 4.52. The monoisotopic (exact) mass is 428 g/mol. The van der Waals surface area contributed by atoms with E-state index in [4.69, 9.17) is 16.3 Å². The molecule has 1 aromatic carbocycles. The SMILES string of the molecule is COC(=O)O[C@H]1CC[C@H](Nc2ncc3cc(-c4ccccc4Cl)c(=O)[nH]c3n2)CC1. The first kappa shape index (κ1) is 20.2. The maximum atomic E-state index is 12.6. The smallest absolute Gasteiger partial charge is 0.438 e. The van der Waals surface area contributed by atoms with Gasteiger partial charge in [-0.15, -0.1) is 0 Å². The van der Waals surface area contributed by atoms with Crippen LogP contribution in [0.25, 0.3) is 22.2 Å². The highest BCUT2D eigenvalue weighted by Crippen LogP contribution is 2.27. The van der Waals surface area contributed by atoms with Gasteiger partial charge in [0.1, 0.15) is 11.8 Å². The lowest BCUT2D eigenvalue weighted by Crippen LogP contribution is -2.31. The molecule has 2 heterocycles. The quantitative estimate of drug-likeness (QED) is 0.601. The molecule has 9 heteroatoms. The van der Waals surface area contributed by atoms with Gasteiger partial charge in [0, 0.05) is 33.8 Å². The molecule has 8 nitrogen and oxygen atoms in total. The number of H-pyrrole nitrogens is 1. The van der Waals surface area contributed by atoms with E-state index in [1.807, 2.05) is 12.1 Å². The van der Waals surface area contributed by atoms with Crippen molar-refractivity contribution >= 4 is 34.7 Å². The van der Waals surface area contributed by atoms with E-state index in [9.17, 15) is 9.59 Å². The van der Waals surface area contributed by atoms with Crippen molar-refractivity contribution in [1.29, 1.82) is 0 Å². The summed E-state index contributed by atoms with van der Waals surface area (Å²) >= 11 is 6.23. The third kappa shape index (κ3) is 4.38. The molecule has 2 N–H and O–H groups in total. The van der Waals surface area contributed by atoms with E-state index in [2.05, 4.69) is 25.0 Å². The Morgan fingerprint density at radius 3 is 2.70 bits per heavy atom. The number of rotatable bonds is 4. The number of aromatic nitrogens is 3. The first-order chi connectivity index (χ1) is 14.5. The number of hydrogen-bond acceptors (Lipinski definition) is 7. The third-order valence-electron chi connectivity index (χ3n) is 5.19. The number of nitrogens with one attached hydrogen (secondary N) is 2. The molecule has 30 heavy (non-hydrogen) atoms. The molecule has 0 unspecified atom stereocenters. The Balaban J connectivity index is 1.48. The van der Waals surface area contributed by atoms with E-state index in [1.54, 1.807) is 24.4 Å². The van der Waals surface area contributed by atoms with E-state index < -0.39 is 6.16 Å². The number of carbonyl (C=O) groups excluding carboxylic acids is 1. The van der Waals surface area contributed by atoms with Crippen molar-refractivity contribution in [1.82, 2.24) is 15.0 Å². The van der Waals surface area contributed by atoms with Crippen LogP contribution in [0, 0.1) is 0 Å². The van der Waals surface area contributed by atoms with Crippen molar-refractivity contribution in [3.63, 3.8) is 0 Å². The number of benzene rings is 1. The van der Waals surface area contributed by atoms with Crippen LogP contribution in [0.5, 0.6) is 0 Å². The summed E-state index contributed by atoms with van der Waals surface area (Å²) < 4.78 is 9.73. The molecule has 156 valence electrons. The number of nitrogens with zero attached hydrogens (tertiary/aromatic N) is 2. The molecule has 2 aromatic heterocycles. The van der Waals surface area contributed by atoms with Gasteiger partial charge in [-0.2, -0.15) is 4.98 Å². The fourth-order valence-corrected chi connectivity index (χ4v) is 3.87.